The molecule has 4 rings (SSSR count). The second kappa shape index (κ2) is 7.72. The van der Waals surface area contributed by atoms with Crippen LogP contribution in [0.1, 0.15) is 24.0 Å². The maximum atomic E-state index is 13.0. The fourth-order valence-electron chi connectivity index (χ4n) is 3.70. The van der Waals surface area contributed by atoms with Crippen LogP contribution in [0.4, 0.5) is 0 Å². The zero-order valence-corrected chi connectivity index (χ0v) is 15.6. The normalized spacial score (nSPS) is 18.5. The van der Waals surface area contributed by atoms with Crippen LogP contribution in [0.15, 0.2) is 83.2 Å². The maximum Gasteiger partial charge on any atom is 0.337 e. The molecule has 28 heavy (non-hydrogen) atoms. The van der Waals surface area contributed by atoms with Crippen molar-refractivity contribution in [1.29, 1.82) is 0 Å². The first-order chi connectivity index (χ1) is 13.6. The van der Waals surface area contributed by atoms with E-state index in [0.29, 0.717) is 23.3 Å². The van der Waals surface area contributed by atoms with Crippen LogP contribution in [-0.4, -0.2) is 25.2 Å². The van der Waals surface area contributed by atoms with Crippen molar-refractivity contribution in [2.24, 2.45) is 0 Å². The van der Waals surface area contributed by atoms with Crippen LogP contribution in [0.2, 0.25) is 0 Å². The zero-order chi connectivity index (χ0) is 19.5. The average molecular weight is 375 g/mol. The molecular formula is C23H21NO4. The molecule has 2 aliphatic rings. The van der Waals surface area contributed by atoms with Crippen molar-refractivity contribution < 1.29 is 19.1 Å². The first-order valence-electron chi connectivity index (χ1n) is 9.29. The van der Waals surface area contributed by atoms with Crippen molar-refractivity contribution in [2.75, 3.05) is 13.2 Å². The Morgan fingerprint density at radius 2 is 1.79 bits per heavy atom. The van der Waals surface area contributed by atoms with Crippen molar-refractivity contribution in [3.8, 4) is 0 Å². The van der Waals surface area contributed by atoms with Gasteiger partial charge in [0.15, 0.2) is 0 Å². The van der Waals surface area contributed by atoms with E-state index in [4.69, 9.17) is 9.47 Å². The summed E-state index contributed by atoms with van der Waals surface area (Å²) in [7, 11) is 0. The summed E-state index contributed by atoms with van der Waals surface area (Å²) in [4.78, 5) is 25.4. The van der Waals surface area contributed by atoms with E-state index in [9.17, 15) is 9.59 Å². The number of carbonyl (C=O) groups excluding carboxylic acids is 2. The standard InChI is InChI=1S/C23H21NO4/c1-15-19(22(25)27-13-12-16-8-4-2-5-9-16)20(17-10-6-3-7-11-17)21-18(24-15)14-28-23(21)26/h2-11,20,24H,12-14H2,1H3. The van der Waals surface area contributed by atoms with Gasteiger partial charge in [-0.05, 0) is 18.1 Å². The van der Waals surface area contributed by atoms with Gasteiger partial charge in [-0.1, -0.05) is 60.7 Å². The highest BCUT2D eigenvalue weighted by atomic mass is 16.5. The van der Waals surface area contributed by atoms with Crippen molar-refractivity contribution in [3.05, 3.63) is 94.3 Å². The van der Waals surface area contributed by atoms with E-state index in [-0.39, 0.29) is 13.2 Å². The molecule has 0 saturated carbocycles. The van der Waals surface area contributed by atoms with Gasteiger partial charge in [-0.15, -0.1) is 0 Å². The monoisotopic (exact) mass is 375 g/mol. The van der Waals surface area contributed by atoms with Gasteiger partial charge in [-0.2, -0.15) is 0 Å². The molecule has 1 atom stereocenters. The number of dihydropyridines is 1. The van der Waals surface area contributed by atoms with E-state index in [1.807, 2.05) is 67.6 Å². The summed E-state index contributed by atoms with van der Waals surface area (Å²) in [6, 6.07) is 19.4. The van der Waals surface area contributed by atoms with E-state index in [1.54, 1.807) is 0 Å². The number of rotatable bonds is 5. The first-order valence-corrected chi connectivity index (χ1v) is 9.29. The van der Waals surface area contributed by atoms with Crippen LogP contribution < -0.4 is 5.32 Å². The van der Waals surface area contributed by atoms with Gasteiger partial charge in [0, 0.05) is 12.1 Å². The van der Waals surface area contributed by atoms with E-state index < -0.39 is 17.9 Å². The second-order valence-electron chi connectivity index (χ2n) is 6.85. The number of hydrogen-bond acceptors (Lipinski definition) is 5. The minimum Gasteiger partial charge on any atom is -0.462 e. The van der Waals surface area contributed by atoms with Gasteiger partial charge in [-0.3, -0.25) is 0 Å². The molecule has 1 N–H and O–H groups in total. The lowest BCUT2D eigenvalue weighted by Crippen LogP contribution is -2.30. The third-order valence-electron chi connectivity index (χ3n) is 5.03. The van der Waals surface area contributed by atoms with Crippen LogP contribution in [-0.2, 0) is 25.5 Å². The van der Waals surface area contributed by atoms with Gasteiger partial charge in [0.05, 0.1) is 29.4 Å². The van der Waals surface area contributed by atoms with Gasteiger partial charge in [0.1, 0.15) is 6.61 Å². The summed E-state index contributed by atoms with van der Waals surface area (Å²) in [5.74, 6) is -1.30. The van der Waals surface area contributed by atoms with Crippen LogP contribution >= 0.6 is 0 Å². The Labute approximate surface area is 163 Å². The Kier molecular flexibility index (Phi) is 4.98. The van der Waals surface area contributed by atoms with E-state index >= 15 is 0 Å². The minimum absolute atomic E-state index is 0.200. The van der Waals surface area contributed by atoms with E-state index in [1.165, 1.54) is 0 Å². The van der Waals surface area contributed by atoms with Crippen LogP contribution in [0.3, 0.4) is 0 Å². The van der Waals surface area contributed by atoms with Gasteiger partial charge in [0.25, 0.3) is 0 Å². The molecule has 5 heteroatoms. The van der Waals surface area contributed by atoms with Crippen LogP contribution in [0.25, 0.3) is 0 Å². The molecule has 0 amide bonds. The Hall–Kier alpha value is -3.34. The fraction of sp³-hybridized carbons (Fsp3) is 0.217. The van der Waals surface area contributed by atoms with Gasteiger partial charge >= 0.3 is 11.9 Å². The van der Waals surface area contributed by atoms with E-state index in [2.05, 4.69) is 5.32 Å². The zero-order valence-electron chi connectivity index (χ0n) is 15.6. The number of esters is 2. The highest BCUT2D eigenvalue weighted by Crippen LogP contribution is 2.41. The highest BCUT2D eigenvalue weighted by molar-refractivity contribution is 6.01. The summed E-state index contributed by atoms with van der Waals surface area (Å²) in [5, 5.41) is 3.16. The van der Waals surface area contributed by atoms with E-state index in [0.717, 1.165) is 16.8 Å². The maximum absolute atomic E-state index is 13.0. The third kappa shape index (κ3) is 3.43. The molecule has 2 aromatic rings. The number of benzene rings is 2. The fourth-order valence-corrected chi connectivity index (χ4v) is 3.70. The van der Waals surface area contributed by atoms with Crippen molar-refractivity contribution in [3.63, 3.8) is 0 Å². The molecule has 2 heterocycles. The second-order valence-corrected chi connectivity index (χ2v) is 6.85. The number of ether oxygens (including phenoxy) is 2. The van der Waals surface area contributed by atoms with Crippen molar-refractivity contribution in [2.45, 2.75) is 19.3 Å². The molecule has 0 radical (unpaired) electrons. The SMILES string of the molecule is CC1=C(C(=O)OCCc2ccccc2)C(c2ccccc2)C2=C(COC2=O)N1. The summed E-state index contributed by atoms with van der Waals surface area (Å²) >= 11 is 0. The third-order valence-corrected chi connectivity index (χ3v) is 5.03. The number of allylic oxidation sites excluding steroid dienone is 1. The number of hydrogen-bond donors (Lipinski definition) is 1. The molecule has 142 valence electrons. The summed E-state index contributed by atoms with van der Waals surface area (Å²) in [5.41, 5.74) is 4.33. The molecule has 0 fully saturated rings. The summed E-state index contributed by atoms with van der Waals surface area (Å²) in [6.07, 6.45) is 0.637. The lowest BCUT2D eigenvalue weighted by Gasteiger charge is -2.27. The minimum atomic E-state index is -0.489. The quantitative estimate of drug-likeness (QED) is 0.813. The molecule has 0 bridgehead atoms. The molecule has 1 unspecified atom stereocenters. The smallest absolute Gasteiger partial charge is 0.337 e. The topological polar surface area (TPSA) is 64.6 Å². The summed E-state index contributed by atoms with van der Waals surface area (Å²) in [6.45, 7) is 2.30. The number of nitrogens with one attached hydrogen (secondary N) is 1. The van der Waals surface area contributed by atoms with Crippen LogP contribution in [0, 0.1) is 0 Å². The molecule has 0 aliphatic carbocycles. The van der Waals surface area contributed by atoms with Gasteiger partial charge in [-0.25, -0.2) is 9.59 Å². The van der Waals surface area contributed by atoms with Crippen molar-refractivity contribution >= 4 is 11.9 Å². The summed E-state index contributed by atoms with van der Waals surface area (Å²) < 4.78 is 10.8. The van der Waals surface area contributed by atoms with Crippen LogP contribution in [0.5, 0.6) is 0 Å². The predicted molar refractivity (Wildman–Crippen MR) is 104 cm³/mol. The van der Waals surface area contributed by atoms with Crippen molar-refractivity contribution in [1.82, 2.24) is 5.32 Å². The van der Waals surface area contributed by atoms with Gasteiger partial charge < -0.3 is 14.8 Å². The first kappa shape index (κ1) is 18.0. The average Bonchev–Trinajstić information content (AvgIpc) is 3.08. The Balaban J connectivity index is 1.59. The Bertz CT molecular complexity index is 961. The molecule has 5 nitrogen and oxygen atoms in total. The lowest BCUT2D eigenvalue weighted by atomic mass is 9.81. The highest BCUT2D eigenvalue weighted by Gasteiger charge is 2.41. The molecular weight excluding hydrogens is 354 g/mol. The molecule has 0 saturated heterocycles. The number of carbonyl (C=O) groups is 2. The molecule has 0 aromatic heterocycles. The molecule has 2 aromatic carbocycles. The lowest BCUT2D eigenvalue weighted by molar-refractivity contribution is -0.139. The Morgan fingerprint density at radius 3 is 2.50 bits per heavy atom. The Morgan fingerprint density at radius 1 is 1.11 bits per heavy atom. The molecule has 2 aliphatic heterocycles. The van der Waals surface area contributed by atoms with Gasteiger partial charge in [0.2, 0.25) is 0 Å². The number of cyclic esters (lactones) is 1. The molecule has 0 spiro atoms. The predicted octanol–water partition coefficient (Wildman–Crippen LogP) is 3.24. The largest absolute Gasteiger partial charge is 0.462 e.